The molecule has 1 heterocycles. The molecule has 170 valence electrons. The summed E-state index contributed by atoms with van der Waals surface area (Å²) in [7, 11) is -3.96. The number of anilines is 1. The van der Waals surface area contributed by atoms with E-state index in [2.05, 4.69) is 5.32 Å². The van der Waals surface area contributed by atoms with Crippen LogP contribution in [0.3, 0.4) is 0 Å². The van der Waals surface area contributed by atoms with Gasteiger partial charge < -0.3 is 14.8 Å². The van der Waals surface area contributed by atoms with Gasteiger partial charge in [-0.2, -0.15) is 13.2 Å². The minimum absolute atomic E-state index is 0.0924. The molecule has 3 rings (SSSR count). The Hall–Kier alpha value is -2.99. The number of hydrogen-bond donors (Lipinski definition) is 1. The minimum Gasteiger partial charge on any atom is -0.419 e. The van der Waals surface area contributed by atoms with Crippen molar-refractivity contribution in [1.29, 1.82) is 0 Å². The summed E-state index contributed by atoms with van der Waals surface area (Å²) in [5.74, 6) is -3.11. The molecule has 0 amide bonds. The monoisotopic (exact) mass is 487 g/mol. The molecule has 1 fully saturated rings. The zero-order chi connectivity index (χ0) is 23.7. The van der Waals surface area contributed by atoms with Crippen molar-refractivity contribution in [2.24, 2.45) is 0 Å². The summed E-state index contributed by atoms with van der Waals surface area (Å²) >= 11 is -0.339. The Morgan fingerprint density at radius 2 is 1.38 bits per heavy atom. The summed E-state index contributed by atoms with van der Waals surface area (Å²) in [6.07, 6.45) is 1.08. The Morgan fingerprint density at radius 3 is 1.84 bits per heavy atom. The van der Waals surface area contributed by atoms with Gasteiger partial charge in [-0.15, -0.1) is 0 Å². The first-order valence-corrected chi connectivity index (χ1v) is 11.2. The van der Waals surface area contributed by atoms with Gasteiger partial charge in [0.2, 0.25) is 9.84 Å². The van der Waals surface area contributed by atoms with Crippen molar-refractivity contribution in [3.05, 3.63) is 60.3 Å². The first-order valence-electron chi connectivity index (χ1n) is 8.91. The van der Waals surface area contributed by atoms with Crippen LogP contribution in [-0.4, -0.2) is 31.7 Å². The van der Waals surface area contributed by atoms with Crippen molar-refractivity contribution >= 4 is 39.2 Å². The first kappa shape index (κ1) is 23.7. The lowest BCUT2D eigenvalue weighted by molar-refractivity contribution is -0.222. The van der Waals surface area contributed by atoms with Crippen LogP contribution in [0.15, 0.2) is 75.0 Å². The van der Waals surface area contributed by atoms with Crippen molar-refractivity contribution in [2.75, 3.05) is 5.32 Å². The van der Waals surface area contributed by atoms with Crippen molar-refractivity contribution in [3.8, 4) is 0 Å². The Balaban J connectivity index is 1.74. The summed E-state index contributed by atoms with van der Waals surface area (Å²) in [6, 6.07) is 9.68. The van der Waals surface area contributed by atoms with Gasteiger partial charge in [0.1, 0.15) is 0 Å². The summed E-state index contributed by atoms with van der Waals surface area (Å²) in [4.78, 5) is 23.4. The Kier molecular flexibility index (Phi) is 6.29. The van der Waals surface area contributed by atoms with E-state index in [9.17, 15) is 31.2 Å². The number of carbonyl (C=O) groups is 2. The number of sulfone groups is 1. The molecule has 0 bridgehead atoms. The van der Waals surface area contributed by atoms with Gasteiger partial charge in [-0.25, -0.2) is 18.0 Å². The van der Waals surface area contributed by atoms with Crippen molar-refractivity contribution in [3.63, 3.8) is 0 Å². The number of hydrogen-bond acceptors (Lipinski definition) is 8. The molecule has 0 radical (unpaired) electrons. The van der Waals surface area contributed by atoms with Crippen LogP contribution in [-0.2, 0) is 28.9 Å². The number of esters is 2. The first-order chi connectivity index (χ1) is 14.8. The van der Waals surface area contributed by atoms with E-state index in [4.69, 9.17) is 9.47 Å². The molecule has 0 aromatic heterocycles. The van der Waals surface area contributed by atoms with Gasteiger partial charge in [0.05, 0.1) is 9.79 Å². The molecule has 0 saturated carbocycles. The van der Waals surface area contributed by atoms with Crippen LogP contribution in [0.4, 0.5) is 18.9 Å². The zero-order valence-corrected chi connectivity index (χ0v) is 18.2. The summed E-state index contributed by atoms with van der Waals surface area (Å²) < 4.78 is 72.6. The van der Waals surface area contributed by atoms with Gasteiger partial charge in [-0.1, -0.05) is 0 Å². The Labute approximate surface area is 185 Å². The van der Waals surface area contributed by atoms with Crippen molar-refractivity contribution < 1.29 is 40.7 Å². The van der Waals surface area contributed by atoms with Crippen LogP contribution in [0, 0.1) is 0 Å². The molecule has 1 N–H and O–H groups in total. The minimum atomic E-state index is -4.47. The number of benzene rings is 2. The largest absolute Gasteiger partial charge is 0.446 e. The van der Waals surface area contributed by atoms with Gasteiger partial charge in [-0.05, 0) is 60.3 Å². The maximum atomic E-state index is 12.7. The van der Waals surface area contributed by atoms with Crippen LogP contribution in [0.25, 0.3) is 0 Å². The third-order valence-corrected chi connectivity index (χ3v) is 6.56. The lowest BCUT2D eigenvalue weighted by atomic mass is 10.2. The van der Waals surface area contributed by atoms with Gasteiger partial charge in [0, 0.05) is 30.6 Å². The molecule has 12 heteroatoms. The highest BCUT2D eigenvalue weighted by Crippen LogP contribution is 2.37. The van der Waals surface area contributed by atoms with Gasteiger partial charge in [0.15, 0.2) is 5.57 Å². The second-order valence-corrected chi connectivity index (χ2v) is 10.0. The topological polar surface area (TPSA) is 98.8 Å². The van der Waals surface area contributed by atoms with E-state index >= 15 is 0 Å². The molecule has 0 spiro atoms. The molecule has 32 heavy (non-hydrogen) atoms. The average molecular weight is 487 g/mol. The second kappa shape index (κ2) is 8.51. The Bertz CT molecular complexity index is 1150. The lowest BCUT2D eigenvalue weighted by Gasteiger charge is -2.29. The number of cyclic esters (lactones) is 2. The summed E-state index contributed by atoms with van der Waals surface area (Å²) in [5, 5.41) is 2.68. The third-order valence-electron chi connectivity index (χ3n) is 4.03. The molecule has 0 aliphatic carbocycles. The molecule has 2 aromatic rings. The molecule has 1 aliphatic rings. The Morgan fingerprint density at radius 1 is 0.906 bits per heavy atom. The predicted octanol–water partition coefficient (Wildman–Crippen LogP) is 4.26. The van der Waals surface area contributed by atoms with E-state index in [0.717, 1.165) is 30.5 Å². The molecule has 7 nitrogen and oxygen atoms in total. The number of carbonyl (C=O) groups excluding carboxylic acids is 2. The van der Waals surface area contributed by atoms with Crippen LogP contribution in [0.5, 0.6) is 0 Å². The normalized spacial score (nSPS) is 16.2. The van der Waals surface area contributed by atoms with E-state index in [-0.39, 0.29) is 32.0 Å². The quantitative estimate of drug-likeness (QED) is 0.289. The molecule has 1 saturated heterocycles. The number of thioether (sulfide) groups is 1. The van der Waals surface area contributed by atoms with Crippen LogP contribution in [0.1, 0.15) is 13.8 Å². The number of ether oxygens (including phenoxy) is 2. The maximum absolute atomic E-state index is 12.7. The van der Waals surface area contributed by atoms with E-state index in [0.29, 0.717) is 5.69 Å². The SMILES string of the molecule is CC1(C)OC(=O)C(=CNc2ccc(S(=O)(=O)c3ccc(SC(F)(F)F)cc3)cc2)C(=O)O1. The summed E-state index contributed by atoms with van der Waals surface area (Å²) in [5.41, 5.74) is -4.48. The van der Waals surface area contributed by atoms with Crippen molar-refractivity contribution in [1.82, 2.24) is 0 Å². The van der Waals surface area contributed by atoms with Gasteiger partial charge in [0.25, 0.3) is 5.79 Å². The number of alkyl halides is 3. The molecule has 2 aromatic carbocycles. The molecular formula is C20H16F3NO6S2. The van der Waals surface area contributed by atoms with Crippen molar-refractivity contribution in [2.45, 2.75) is 39.8 Å². The van der Waals surface area contributed by atoms with Crippen LogP contribution in [0.2, 0.25) is 0 Å². The van der Waals surface area contributed by atoms with Gasteiger partial charge in [-0.3, -0.25) is 0 Å². The smallest absolute Gasteiger partial charge is 0.419 e. The van der Waals surface area contributed by atoms with E-state index in [1.807, 2.05) is 0 Å². The third kappa shape index (κ3) is 5.62. The van der Waals surface area contributed by atoms with Crippen LogP contribution >= 0.6 is 11.8 Å². The van der Waals surface area contributed by atoms with E-state index < -0.39 is 33.1 Å². The fourth-order valence-electron chi connectivity index (χ4n) is 2.62. The fraction of sp³-hybridized carbons (Fsp3) is 0.200. The second-order valence-electron chi connectivity index (χ2n) is 6.93. The number of halogens is 3. The highest BCUT2D eigenvalue weighted by molar-refractivity contribution is 8.00. The molecular weight excluding hydrogens is 471 g/mol. The highest BCUT2D eigenvalue weighted by atomic mass is 32.2. The molecule has 1 aliphatic heterocycles. The predicted molar refractivity (Wildman–Crippen MR) is 108 cm³/mol. The lowest BCUT2D eigenvalue weighted by Crippen LogP contribution is -2.42. The number of nitrogens with one attached hydrogen (secondary N) is 1. The standard InChI is InChI=1S/C20H16F3NO6S2/c1-19(2)29-17(25)16(18(26)30-19)11-24-12-3-7-14(8-4-12)32(27,28)15-9-5-13(6-10-15)31-20(21,22)23/h3-11,24H,1-2H3. The maximum Gasteiger partial charge on any atom is 0.446 e. The molecule has 0 unspecified atom stereocenters. The van der Waals surface area contributed by atoms with Gasteiger partial charge >= 0.3 is 17.4 Å². The van der Waals surface area contributed by atoms with E-state index in [1.54, 1.807) is 0 Å². The zero-order valence-electron chi connectivity index (χ0n) is 16.6. The average Bonchev–Trinajstić information content (AvgIpc) is 2.66. The van der Waals surface area contributed by atoms with E-state index in [1.165, 1.54) is 38.1 Å². The highest BCUT2D eigenvalue weighted by Gasteiger charge is 2.39. The molecule has 0 atom stereocenters. The summed E-state index contributed by atoms with van der Waals surface area (Å²) in [6.45, 7) is 2.82. The fourth-order valence-corrected chi connectivity index (χ4v) is 4.42. The number of rotatable bonds is 5. The van der Waals surface area contributed by atoms with Crippen LogP contribution < -0.4 is 5.32 Å².